The van der Waals surface area contributed by atoms with Crippen LogP contribution in [0, 0.1) is 5.41 Å². The first-order valence-corrected chi connectivity index (χ1v) is 7.94. The molecule has 1 aromatic heterocycles. The molecule has 0 amide bonds. The smallest absolute Gasteiger partial charge is 0.214 e. The summed E-state index contributed by atoms with van der Waals surface area (Å²) >= 11 is 7.39. The van der Waals surface area contributed by atoms with Gasteiger partial charge in [-0.25, -0.2) is 4.68 Å². The van der Waals surface area contributed by atoms with Crippen LogP contribution in [0.5, 0.6) is 0 Å². The number of rotatable bonds is 4. The van der Waals surface area contributed by atoms with Gasteiger partial charge in [-0.3, -0.25) is 5.41 Å². The Bertz CT molecular complexity index is 664. The third-order valence-electron chi connectivity index (χ3n) is 3.57. The number of hydrogen-bond acceptors (Lipinski definition) is 5. The van der Waals surface area contributed by atoms with E-state index in [0.717, 1.165) is 22.9 Å². The summed E-state index contributed by atoms with van der Waals surface area (Å²) in [6.07, 6.45) is 4.65. The summed E-state index contributed by atoms with van der Waals surface area (Å²) in [7, 11) is 0. The Morgan fingerprint density at radius 2 is 2.14 bits per heavy atom. The van der Waals surface area contributed by atoms with Gasteiger partial charge in [0, 0.05) is 15.5 Å². The third-order valence-corrected chi connectivity index (χ3v) is 4.83. The fourth-order valence-electron chi connectivity index (χ4n) is 2.53. The Hall–Kier alpha value is -1.60. The van der Waals surface area contributed by atoms with Gasteiger partial charge in [0.2, 0.25) is 5.16 Å². The highest BCUT2D eigenvalue weighted by Crippen LogP contribution is 2.35. The summed E-state index contributed by atoms with van der Waals surface area (Å²) in [5.41, 5.74) is 6.23. The molecule has 1 aliphatic rings. The molecule has 21 heavy (non-hydrogen) atoms. The molecule has 0 aliphatic heterocycles. The summed E-state index contributed by atoms with van der Waals surface area (Å²) in [5, 5.41) is 20.9. The molecule has 2 aromatic rings. The minimum atomic E-state index is -0.0140. The Morgan fingerprint density at radius 3 is 2.86 bits per heavy atom. The maximum atomic E-state index is 7.67. The van der Waals surface area contributed by atoms with E-state index in [4.69, 9.17) is 22.7 Å². The van der Waals surface area contributed by atoms with Gasteiger partial charge in [0.15, 0.2) is 0 Å². The fourth-order valence-corrected chi connectivity index (χ4v) is 3.67. The van der Waals surface area contributed by atoms with Gasteiger partial charge in [0.05, 0.1) is 6.04 Å². The highest BCUT2D eigenvalue weighted by molar-refractivity contribution is 7.99. The summed E-state index contributed by atoms with van der Waals surface area (Å²) in [5.74, 6) is -0.0140. The Balaban J connectivity index is 1.91. The van der Waals surface area contributed by atoms with Gasteiger partial charge in [-0.05, 0) is 53.2 Å². The molecule has 3 rings (SSSR count). The molecule has 0 spiro atoms. The van der Waals surface area contributed by atoms with Crippen molar-refractivity contribution in [3.63, 3.8) is 0 Å². The molecule has 8 heteroatoms. The highest BCUT2D eigenvalue weighted by Gasteiger charge is 2.22. The molecular formula is C13H15ClN6S. The summed E-state index contributed by atoms with van der Waals surface area (Å²) in [6, 6.07) is 5.68. The van der Waals surface area contributed by atoms with E-state index in [-0.39, 0.29) is 5.84 Å². The molecule has 1 fully saturated rings. The number of nitrogens with one attached hydrogen (secondary N) is 1. The van der Waals surface area contributed by atoms with E-state index in [0.29, 0.717) is 16.6 Å². The van der Waals surface area contributed by atoms with Crippen molar-refractivity contribution in [1.29, 1.82) is 5.41 Å². The number of nitrogen functional groups attached to an aromatic ring is 1. The second kappa shape index (κ2) is 6.03. The molecule has 0 atom stereocenters. The number of aromatic nitrogens is 4. The van der Waals surface area contributed by atoms with Crippen molar-refractivity contribution in [3.8, 4) is 0 Å². The Morgan fingerprint density at radius 1 is 1.38 bits per heavy atom. The quantitative estimate of drug-likeness (QED) is 0.667. The summed E-state index contributed by atoms with van der Waals surface area (Å²) in [4.78, 5) is 0.834. The topological polar surface area (TPSA) is 93.5 Å². The molecule has 0 bridgehead atoms. The maximum Gasteiger partial charge on any atom is 0.214 e. The van der Waals surface area contributed by atoms with Crippen molar-refractivity contribution in [1.82, 2.24) is 20.2 Å². The van der Waals surface area contributed by atoms with Crippen LogP contribution >= 0.6 is 23.4 Å². The SMILES string of the molecule is N=C(N)c1cc(Cl)ccc1Sc1nnnn1C1CCCC1. The molecule has 1 heterocycles. The lowest BCUT2D eigenvalue weighted by Crippen LogP contribution is -2.13. The average molecular weight is 323 g/mol. The highest BCUT2D eigenvalue weighted by atomic mass is 35.5. The molecular weight excluding hydrogens is 308 g/mol. The second-order valence-corrected chi connectivity index (χ2v) is 6.45. The van der Waals surface area contributed by atoms with Crippen LogP contribution in [0.3, 0.4) is 0 Å². The van der Waals surface area contributed by atoms with Gasteiger partial charge in [-0.2, -0.15) is 0 Å². The second-order valence-electron chi connectivity index (χ2n) is 5.00. The van der Waals surface area contributed by atoms with Crippen LogP contribution in [0.2, 0.25) is 5.02 Å². The number of amidine groups is 1. The van der Waals surface area contributed by atoms with Gasteiger partial charge < -0.3 is 5.73 Å². The van der Waals surface area contributed by atoms with Crippen molar-refractivity contribution >= 4 is 29.2 Å². The minimum absolute atomic E-state index is 0.0140. The molecule has 110 valence electrons. The van der Waals surface area contributed by atoms with E-state index in [1.807, 2.05) is 10.7 Å². The number of halogens is 1. The number of benzene rings is 1. The predicted octanol–water partition coefficient (Wildman–Crippen LogP) is 2.88. The average Bonchev–Trinajstić information content (AvgIpc) is 3.11. The van der Waals surface area contributed by atoms with Crippen molar-refractivity contribution in [2.24, 2.45) is 5.73 Å². The van der Waals surface area contributed by atoms with Crippen molar-refractivity contribution < 1.29 is 0 Å². The number of tetrazole rings is 1. The molecule has 3 N–H and O–H groups in total. The maximum absolute atomic E-state index is 7.67. The van der Waals surface area contributed by atoms with Crippen LogP contribution in [-0.2, 0) is 0 Å². The van der Waals surface area contributed by atoms with E-state index in [1.165, 1.54) is 24.6 Å². The van der Waals surface area contributed by atoms with Crippen LogP contribution in [0.1, 0.15) is 37.3 Å². The molecule has 1 saturated carbocycles. The van der Waals surface area contributed by atoms with Crippen LogP contribution in [0.15, 0.2) is 28.3 Å². The van der Waals surface area contributed by atoms with E-state index in [1.54, 1.807) is 12.1 Å². The first-order valence-electron chi connectivity index (χ1n) is 6.75. The molecule has 0 radical (unpaired) electrons. The van der Waals surface area contributed by atoms with Gasteiger partial charge in [-0.15, -0.1) is 5.10 Å². The van der Waals surface area contributed by atoms with Crippen molar-refractivity contribution in [2.45, 2.75) is 41.8 Å². The molecule has 0 unspecified atom stereocenters. The van der Waals surface area contributed by atoms with Gasteiger partial charge >= 0.3 is 0 Å². The van der Waals surface area contributed by atoms with E-state index < -0.39 is 0 Å². The van der Waals surface area contributed by atoms with Crippen LogP contribution in [0.4, 0.5) is 0 Å². The fraction of sp³-hybridized carbons (Fsp3) is 0.385. The zero-order valence-electron chi connectivity index (χ0n) is 11.3. The zero-order valence-corrected chi connectivity index (χ0v) is 12.9. The molecule has 1 aliphatic carbocycles. The third kappa shape index (κ3) is 3.03. The standard InChI is InChI=1S/C13H15ClN6S/c14-8-5-6-11(10(7-8)12(15)16)21-13-17-18-19-20(13)9-3-1-2-4-9/h5-7,9H,1-4H2,(H3,15,16). The Kier molecular flexibility index (Phi) is 4.12. The van der Waals surface area contributed by atoms with Crippen LogP contribution < -0.4 is 5.73 Å². The molecule has 0 saturated heterocycles. The summed E-state index contributed by atoms with van der Waals surface area (Å²) in [6.45, 7) is 0. The zero-order chi connectivity index (χ0) is 14.8. The van der Waals surface area contributed by atoms with E-state index >= 15 is 0 Å². The lowest BCUT2D eigenvalue weighted by atomic mass is 10.2. The van der Waals surface area contributed by atoms with Gasteiger partial charge in [0.1, 0.15) is 5.84 Å². The van der Waals surface area contributed by atoms with Gasteiger partial charge in [0.25, 0.3) is 0 Å². The minimum Gasteiger partial charge on any atom is -0.384 e. The lowest BCUT2D eigenvalue weighted by Gasteiger charge is -2.12. The lowest BCUT2D eigenvalue weighted by molar-refractivity contribution is 0.423. The Labute approximate surface area is 131 Å². The van der Waals surface area contributed by atoms with Gasteiger partial charge in [-0.1, -0.05) is 24.4 Å². The molecule has 1 aromatic carbocycles. The number of hydrogen-bond donors (Lipinski definition) is 2. The van der Waals surface area contributed by atoms with E-state index in [2.05, 4.69) is 15.5 Å². The first-order chi connectivity index (χ1) is 10.1. The van der Waals surface area contributed by atoms with Crippen molar-refractivity contribution in [3.05, 3.63) is 28.8 Å². The van der Waals surface area contributed by atoms with E-state index in [9.17, 15) is 0 Å². The number of nitrogens with zero attached hydrogens (tertiary/aromatic N) is 4. The monoisotopic (exact) mass is 322 g/mol. The van der Waals surface area contributed by atoms with Crippen LogP contribution in [-0.4, -0.2) is 26.0 Å². The van der Waals surface area contributed by atoms with Crippen molar-refractivity contribution in [2.75, 3.05) is 0 Å². The summed E-state index contributed by atoms with van der Waals surface area (Å²) < 4.78 is 1.89. The first kappa shape index (κ1) is 14.3. The number of nitrogens with two attached hydrogens (primary N) is 1. The normalized spacial score (nSPS) is 15.5. The predicted molar refractivity (Wildman–Crippen MR) is 81.9 cm³/mol. The molecule has 6 nitrogen and oxygen atoms in total. The largest absolute Gasteiger partial charge is 0.384 e. The van der Waals surface area contributed by atoms with Crippen LogP contribution in [0.25, 0.3) is 0 Å².